The van der Waals surface area contributed by atoms with Gasteiger partial charge in [-0.25, -0.2) is 4.39 Å². The molecule has 1 fully saturated rings. The number of fused-ring (bicyclic) bond motifs is 1. The normalized spacial score (nSPS) is 16.1. The van der Waals surface area contributed by atoms with Gasteiger partial charge in [-0.05, 0) is 48.9 Å². The molecular formula is C28H24F4N4O2. The second-order valence-electron chi connectivity index (χ2n) is 9.18. The van der Waals surface area contributed by atoms with Crippen LogP contribution in [-0.2, 0) is 11.2 Å². The van der Waals surface area contributed by atoms with E-state index in [4.69, 9.17) is 0 Å². The van der Waals surface area contributed by atoms with Crippen molar-refractivity contribution >= 4 is 22.5 Å². The van der Waals surface area contributed by atoms with Gasteiger partial charge in [0.15, 0.2) is 5.82 Å². The van der Waals surface area contributed by atoms with Crippen molar-refractivity contribution in [2.24, 2.45) is 0 Å². The van der Waals surface area contributed by atoms with E-state index in [2.05, 4.69) is 19.8 Å². The molecule has 4 aromatic rings. The Bertz CT molecular complexity index is 1440. The average Bonchev–Trinajstić information content (AvgIpc) is 2.89. The summed E-state index contributed by atoms with van der Waals surface area (Å²) < 4.78 is 54.5. The summed E-state index contributed by atoms with van der Waals surface area (Å²) in [7, 11) is 0. The highest BCUT2D eigenvalue weighted by atomic mass is 19.4. The van der Waals surface area contributed by atoms with Crippen LogP contribution in [0.1, 0.15) is 12.5 Å². The number of carbonyl (C=O) groups is 1. The van der Waals surface area contributed by atoms with Gasteiger partial charge in [-0.2, -0.15) is 0 Å². The number of benzene rings is 3. The number of rotatable bonds is 5. The highest BCUT2D eigenvalue weighted by Crippen LogP contribution is 2.32. The fourth-order valence-electron chi connectivity index (χ4n) is 4.75. The molecule has 1 aliphatic rings. The van der Waals surface area contributed by atoms with Crippen LogP contribution >= 0.6 is 0 Å². The number of anilines is 1. The summed E-state index contributed by atoms with van der Waals surface area (Å²) in [6, 6.07) is 19.1. The van der Waals surface area contributed by atoms with Gasteiger partial charge in [0, 0.05) is 42.0 Å². The van der Waals surface area contributed by atoms with E-state index in [-0.39, 0.29) is 29.9 Å². The predicted molar refractivity (Wildman–Crippen MR) is 135 cm³/mol. The summed E-state index contributed by atoms with van der Waals surface area (Å²) in [6.07, 6.45) is -4.69. The van der Waals surface area contributed by atoms with Crippen molar-refractivity contribution in [3.63, 3.8) is 0 Å². The van der Waals surface area contributed by atoms with Crippen molar-refractivity contribution in [2.45, 2.75) is 25.7 Å². The van der Waals surface area contributed by atoms with Crippen LogP contribution in [0.15, 0.2) is 72.8 Å². The fraction of sp³-hybridized carbons (Fsp3) is 0.250. The van der Waals surface area contributed by atoms with Gasteiger partial charge >= 0.3 is 6.36 Å². The quantitative estimate of drug-likeness (QED) is 0.318. The summed E-state index contributed by atoms with van der Waals surface area (Å²) >= 11 is 0. The smallest absolute Gasteiger partial charge is 0.406 e. The molecule has 5 rings (SSSR count). The van der Waals surface area contributed by atoms with Crippen molar-refractivity contribution in [1.29, 1.82) is 0 Å². The summed E-state index contributed by atoms with van der Waals surface area (Å²) in [5, 5.41) is 10.8. The Hall–Kier alpha value is -4.21. The van der Waals surface area contributed by atoms with E-state index >= 15 is 0 Å². The number of hydrogen-bond donors (Lipinski definition) is 0. The first-order chi connectivity index (χ1) is 18.2. The van der Waals surface area contributed by atoms with Crippen molar-refractivity contribution < 1.29 is 27.1 Å². The standard InChI is InChI=1S/C28H24F4N4O2/c1-18-17-35(14-15-36(18)25(37)16-19-6-12-22(13-7-19)38-28(30,31)32)27-24-5-3-2-4-23(24)26(33-34-27)20-8-10-21(29)11-9-20/h2-13,18H,14-17H2,1H3/t18-/m1/s1. The van der Waals surface area contributed by atoms with Gasteiger partial charge in [0.2, 0.25) is 5.91 Å². The van der Waals surface area contributed by atoms with E-state index in [1.807, 2.05) is 31.2 Å². The molecule has 38 heavy (non-hydrogen) atoms. The summed E-state index contributed by atoms with van der Waals surface area (Å²) in [6.45, 7) is 3.50. The Morgan fingerprint density at radius 1 is 0.947 bits per heavy atom. The topological polar surface area (TPSA) is 58.6 Å². The first kappa shape index (κ1) is 25.4. The van der Waals surface area contributed by atoms with Crippen molar-refractivity contribution in [3.8, 4) is 17.0 Å². The lowest BCUT2D eigenvalue weighted by atomic mass is 10.0. The highest BCUT2D eigenvalue weighted by Gasteiger charge is 2.31. The van der Waals surface area contributed by atoms with Crippen LogP contribution < -0.4 is 9.64 Å². The molecule has 0 radical (unpaired) electrons. The molecule has 0 bridgehead atoms. The second kappa shape index (κ2) is 10.3. The third-order valence-electron chi connectivity index (χ3n) is 6.55. The Kier molecular flexibility index (Phi) is 6.88. The molecular weight excluding hydrogens is 500 g/mol. The molecule has 1 saturated heterocycles. The van der Waals surface area contributed by atoms with E-state index in [1.165, 1.54) is 36.4 Å². The molecule has 1 aromatic heterocycles. The fourth-order valence-corrected chi connectivity index (χ4v) is 4.75. The van der Waals surface area contributed by atoms with Crippen LogP contribution in [-0.4, -0.2) is 53.0 Å². The molecule has 2 heterocycles. The molecule has 0 spiro atoms. The number of nitrogens with zero attached hydrogens (tertiary/aromatic N) is 4. The molecule has 6 nitrogen and oxygen atoms in total. The number of alkyl halides is 3. The highest BCUT2D eigenvalue weighted by molar-refractivity contribution is 6.00. The lowest BCUT2D eigenvalue weighted by Gasteiger charge is -2.40. The minimum Gasteiger partial charge on any atom is -0.406 e. The maximum Gasteiger partial charge on any atom is 0.573 e. The molecule has 0 aliphatic carbocycles. The van der Waals surface area contributed by atoms with Crippen LogP contribution in [0.2, 0.25) is 0 Å². The van der Waals surface area contributed by atoms with E-state index in [0.717, 1.165) is 16.3 Å². The van der Waals surface area contributed by atoms with E-state index < -0.39 is 6.36 Å². The van der Waals surface area contributed by atoms with Gasteiger partial charge in [0.1, 0.15) is 17.3 Å². The molecule has 0 unspecified atom stereocenters. The van der Waals surface area contributed by atoms with Gasteiger partial charge in [-0.1, -0.05) is 36.4 Å². The van der Waals surface area contributed by atoms with Gasteiger partial charge in [0.05, 0.1) is 6.42 Å². The van der Waals surface area contributed by atoms with E-state index in [9.17, 15) is 22.4 Å². The van der Waals surface area contributed by atoms with E-state index in [0.29, 0.717) is 36.7 Å². The van der Waals surface area contributed by atoms with Crippen molar-refractivity contribution in [1.82, 2.24) is 15.1 Å². The maximum atomic E-state index is 13.4. The van der Waals surface area contributed by atoms with Crippen LogP contribution in [0.3, 0.4) is 0 Å². The number of aromatic nitrogens is 2. The number of piperazine rings is 1. The maximum absolute atomic E-state index is 13.4. The Balaban J connectivity index is 1.29. The summed E-state index contributed by atoms with van der Waals surface area (Å²) in [5.41, 5.74) is 2.04. The van der Waals surface area contributed by atoms with Crippen LogP contribution in [0.4, 0.5) is 23.4 Å². The zero-order valence-corrected chi connectivity index (χ0v) is 20.5. The third-order valence-corrected chi connectivity index (χ3v) is 6.55. The number of halogens is 4. The SMILES string of the molecule is C[C@@H]1CN(c2nnc(-c3ccc(F)cc3)c3ccccc23)CCN1C(=O)Cc1ccc(OC(F)(F)F)cc1. The Morgan fingerprint density at radius 3 is 2.29 bits per heavy atom. The first-order valence-electron chi connectivity index (χ1n) is 12.1. The number of carbonyl (C=O) groups excluding carboxylic acids is 1. The summed E-state index contributed by atoms with van der Waals surface area (Å²) in [4.78, 5) is 16.9. The minimum atomic E-state index is -4.76. The Morgan fingerprint density at radius 2 is 1.63 bits per heavy atom. The predicted octanol–water partition coefficient (Wildman–Crippen LogP) is 5.61. The molecule has 1 amide bonds. The van der Waals surface area contributed by atoms with Gasteiger partial charge in [-0.3, -0.25) is 4.79 Å². The van der Waals surface area contributed by atoms with Gasteiger partial charge < -0.3 is 14.5 Å². The van der Waals surface area contributed by atoms with Gasteiger partial charge in [-0.15, -0.1) is 23.4 Å². The molecule has 1 aliphatic heterocycles. The van der Waals surface area contributed by atoms with Crippen molar-refractivity contribution in [3.05, 3.63) is 84.2 Å². The molecule has 1 atom stereocenters. The molecule has 10 heteroatoms. The monoisotopic (exact) mass is 524 g/mol. The molecule has 3 aromatic carbocycles. The lowest BCUT2D eigenvalue weighted by Crippen LogP contribution is -2.54. The lowest BCUT2D eigenvalue weighted by molar-refractivity contribution is -0.274. The van der Waals surface area contributed by atoms with E-state index in [1.54, 1.807) is 17.0 Å². The third kappa shape index (κ3) is 5.53. The van der Waals surface area contributed by atoms with Crippen molar-refractivity contribution in [2.75, 3.05) is 24.5 Å². The Labute approximate surface area is 216 Å². The zero-order valence-electron chi connectivity index (χ0n) is 20.5. The number of hydrogen-bond acceptors (Lipinski definition) is 5. The number of amides is 1. The second-order valence-corrected chi connectivity index (χ2v) is 9.18. The molecule has 0 saturated carbocycles. The van der Waals surface area contributed by atoms with Crippen LogP contribution in [0.25, 0.3) is 22.0 Å². The average molecular weight is 525 g/mol. The zero-order chi connectivity index (χ0) is 26.9. The largest absolute Gasteiger partial charge is 0.573 e. The molecule has 196 valence electrons. The number of ether oxygens (including phenoxy) is 1. The van der Waals surface area contributed by atoms with Crippen LogP contribution in [0, 0.1) is 5.82 Å². The van der Waals surface area contributed by atoms with Gasteiger partial charge in [0.25, 0.3) is 0 Å². The van der Waals surface area contributed by atoms with Crippen LogP contribution in [0.5, 0.6) is 5.75 Å². The summed E-state index contributed by atoms with van der Waals surface area (Å²) in [5.74, 6) is -0.0408. The molecule has 0 N–H and O–H groups in total. The first-order valence-corrected chi connectivity index (χ1v) is 12.1. The minimum absolute atomic E-state index is 0.0751.